The average Bonchev–Trinajstić information content (AvgIpc) is 2.75. The monoisotopic (exact) mass is 177 g/mol. The summed E-state index contributed by atoms with van der Waals surface area (Å²) in [7, 11) is 0. The van der Waals surface area contributed by atoms with Crippen LogP contribution >= 0.6 is 0 Å². The lowest BCUT2D eigenvalue weighted by Gasteiger charge is -1.98. The highest BCUT2D eigenvalue weighted by atomic mass is 16.3. The van der Waals surface area contributed by atoms with E-state index >= 15 is 0 Å². The van der Waals surface area contributed by atoms with Gasteiger partial charge in [-0.1, -0.05) is 12.8 Å². The molecule has 2 heteroatoms. The molecule has 0 aliphatic heterocycles. The van der Waals surface area contributed by atoms with E-state index in [1.165, 1.54) is 25.7 Å². The number of furan rings is 1. The van der Waals surface area contributed by atoms with Gasteiger partial charge in [0, 0.05) is 6.21 Å². The third kappa shape index (κ3) is 2.44. The van der Waals surface area contributed by atoms with E-state index in [9.17, 15) is 0 Å². The third-order valence-corrected chi connectivity index (χ3v) is 2.54. The van der Waals surface area contributed by atoms with Gasteiger partial charge in [0.05, 0.1) is 12.8 Å². The SMILES string of the molecule is C(=NCc1ccco1)C1CCCC1. The molecule has 0 aromatic carbocycles. The fraction of sp³-hybridized carbons (Fsp3) is 0.545. The minimum Gasteiger partial charge on any atom is -0.467 e. The Morgan fingerprint density at radius 2 is 2.31 bits per heavy atom. The van der Waals surface area contributed by atoms with E-state index in [-0.39, 0.29) is 0 Å². The fourth-order valence-electron chi connectivity index (χ4n) is 1.80. The second-order valence-electron chi connectivity index (χ2n) is 3.61. The Hall–Kier alpha value is -1.05. The molecule has 1 fully saturated rings. The van der Waals surface area contributed by atoms with Crippen LogP contribution in [0.25, 0.3) is 0 Å². The summed E-state index contributed by atoms with van der Waals surface area (Å²) in [5, 5.41) is 0. The van der Waals surface area contributed by atoms with Crippen molar-refractivity contribution in [2.24, 2.45) is 10.9 Å². The molecule has 1 aromatic rings. The zero-order valence-corrected chi connectivity index (χ0v) is 7.78. The molecule has 0 amide bonds. The first-order valence-electron chi connectivity index (χ1n) is 4.97. The van der Waals surface area contributed by atoms with Crippen LogP contribution in [0.1, 0.15) is 31.4 Å². The van der Waals surface area contributed by atoms with Crippen molar-refractivity contribution in [1.82, 2.24) is 0 Å². The smallest absolute Gasteiger partial charge is 0.125 e. The molecule has 0 saturated heterocycles. The third-order valence-electron chi connectivity index (χ3n) is 2.54. The van der Waals surface area contributed by atoms with E-state index in [0.717, 1.165) is 11.7 Å². The summed E-state index contributed by atoms with van der Waals surface area (Å²) >= 11 is 0. The molecule has 1 aliphatic carbocycles. The van der Waals surface area contributed by atoms with Gasteiger partial charge in [0.2, 0.25) is 0 Å². The van der Waals surface area contributed by atoms with Gasteiger partial charge in [-0.15, -0.1) is 0 Å². The fourth-order valence-corrected chi connectivity index (χ4v) is 1.80. The van der Waals surface area contributed by atoms with Gasteiger partial charge in [-0.3, -0.25) is 4.99 Å². The Labute approximate surface area is 78.7 Å². The maximum Gasteiger partial charge on any atom is 0.125 e. The van der Waals surface area contributed by atoms with Crippen LogP contribution in [0.2, 0.25) is 0 Å². The zero-order valence-electron chi connectivity index (χ0n) is 7.78. The standard InChI is InChI=1S/C11H15NO/c1-2-5-10(4-1)8-12-9-11-6-3-7-13-11/h3,6-8,10H,1-2,4-5,9H2. The predicted octanol–water partition coefficient (Wildman–Crippen LogP) is 3.04. The van der Waals surface area contributed by atoms with Crippen LogP contribution < -0.4 is 0 Å². The Morgan fingerprint density at radius 1 is 1.46 bits per heavy atom. The largest absolute Gasteiger partial charge is 0.467 e. The van der Waals surface area contributed by atoms with Crippen molar-refractivity contribution in [3.8, 4) is 0 Å². The van der Waals surface area contributed by atoms with E-state index in [1.807, 2.05) is 12.1 Å². The van der Waals surface area contributed by atoms with Crippen molar-refractivity contribution in [2.45, 2.75) is 32.2 Å². The Kier molecular flexibility index (Phi) is 2.80. The lowest BCUT2D eigenvalue weighted by molar-refractivity contribution is 0.512. The lowest BCUT2D eigenvalue weighted by atomic mass is 10.1. The molecule has 0 unspecified atom stereocenters. The van der Waals surface area contributed by atoms with E-state index in [1.54, 1.807) is 6.26 Å². The molecule has 1 aliphatic rings. The summed E-state index contributed by atoms with van der Waals surface area (Å²) < 4.78 is 5.18. The summed E-state index contributed by atoms with van der Waals surface area (Å²) in [6.07, 6.45) is 9.19. The van der Waals surface area contributed by atoms with Crippen LogP contribution in [-0.4, -0.2) is 6.21 Å². The van der Waals surface area contributed by atoms with Crippen molar-refractivity contribution in [2.75, 3.05) is 0 Å². The quantitative estimate of drug-likeness (QED) is 0.651. The number of aliphatic imine (C=N–C) groups is 1. The molecule has 0 atom stereocenters. The summed E-state index contributed by atoms with van der Waals surface area (Å²) in [5.74, 6) is 1.68. The average molecular weight is 177 g/mol. The van der Waals surface area contributed by atoms with Crippen molar-refractivity contribution < 1.29 is 4.42 Å². The number of rotatable bonds is 3. The number of hydrogen-bond donors (Lipinski definition) is 0. The van der Waals surface area contributed by atoms with Crippen molar-refractivity contribution in [3.63, 3.8) is 0 Å². The second-order valence-corrected chi connectivity index (χ2v) is 3.61. The molecule has 2 rings (SSSR count). The highest BCUT2D eigenvalue weighted by molar-refractivity contribution is 5.60. The molecule has 1 saturated carbocycles. The Balaban J connectivity index is 1.78. The number of hydrogen-bond acceptors (Lipinski definition) is 2. The molecule has 70 valence electrons. The van der Waals surface area contributed by atoms with Gasteiger partial charge in [0.1, 0.15) is 5.76 Å². The molecule has 13 heavy (non-hydrogen) atoms. The van der Waals surface area contributed by atoms with Crippen LogP contribution in [0.4, 0.5) is 0 Å². The number of nitrogens with zero attached hydrogens (tertiary/aromatic N) is 1. The molecular weight excluding hydrogens is 162 g/mol. The van der Waals surface area contributed by atoms with E-state index in [2.05, 4.69) is 11.2 Å². The van der Waals surface area contributed by atoms with Gasteiger partial charge in [-0.2, -0.15) is 0 Å². The minimum atomic E-state index is 0.698. The molecule has 0 radical (unpaired) electrons. The molecule has 1 aromatic heterocycles. The van der Waals surface area contributed by atoms with Crippen LogP contribution in [0.15, 0.2) is 27.8 Å². The predicted molar refractivity (Wildman–Crippen MR) is 52.9 cm³/mol. The van der Waals surface area contributed by atoms with Gasteiger partial charge in [-0.25, -0.2) is 0 Å². The van der Waals surface area contributed by atoms with Crippen LogP contribution in [0.3, 0.4) is 0 Å². The highest BCUT2D eigenvalue weighted by Crippen LogP contribution is 2.22. The zero-order chi connectivity index (χ0) is 8.93. The second kappa shape index (κ2) is 4.26. The van der Waals surface area contributed by atoms with E-state index in [0.29, 0.717) is 6.54 Å². The van der Waals surface area contributed by atoms with Gasteiger partial charge >= 0.3 is 0 Å². The topological polar surface area (TPSA) is 25.5 Å². The van der Waals surface area contributed by atoms with Crippen molar-refractivity contribution in [3.05, 3.63) is 24.2 Å². The van der Waals surface area contributed by atoms with Gasteiger partial charge in [0.15, 0.2) is 0 Å². The maximum absolute atomic E-state index is 5.18. The molecule has 0 bridgehead atoms. The summed E-state index contributed by atoms with van der Waals surface area (Å²) in [4.78, 5) is 4.38. The molecule has 0 N–H and O–H groups in total. The van der Waals surface area contributed by atoms with Crippen LogP contribution in [0, 0.1) is 5.92 Å². The van der Waals surface area contributed by atoms with Gasteiger partial charge in [-0.05, 0) is 30.9 Å². The molecular formula is C11H15NO. The maximum atomic E-state index is 5.18. The summed E-state index contributed by atoms with van der Waals surface area (Å²) in [6, 6.07) is 3.87. The van der Waals surface area contributed by atoms with Gasteiger partial charge < -0.3 is 4.42 Å². The van der Waals surface area contributed by atoms with Crippen molar-refractivity contribution >= 4 is 6.21 Å². The first kappa shape index (κ1) is 8.54. The van der Waals surface area contributed by atoms with Crippen LogP contribution in [0.5, 0.6) is 0 Å². The normalized spacial score (nSPS) is 18.8. The van der Waals surface area contributed by atoms with Crippen LogP contribution in [-0.2, 0) is 6.54 Å². The summed E-state index contributed by atoms with van der Waals surface area (Å²) in [6.45, 7) is 0.698. The van der Waals surface area contributed by atoms with E-state index in [4.69, 9.17) is 4.42 Å². The first-order valence-corrected chi connectivity index (χ1v) is 4.97. The minimum absolute atomic E-state index is 0.698. The first-order chi connectivity index (χ1) is 6.45. The highest BCUT2D eigenvalue weighted by Gasteiger charge is 2.11. The summed E-state index contributed by atoms with van der Waals surface area (Å²) in [5.41, 5.74) is 0. The van der Waals surface area contributed by atoms with E-state index < -0.39 is 0 Å². The van der Waals surface area contributed by atoms with Gasteiger partial charge in [0.25, 0.3) is 0 Å². The van der Waals surface area contributed by atoms with Crippen molar-refractivity contribution in [1.29, 1.82) is 0 Å². The molecule has 0 spiro atoms. The molecule has 1 heterocycles. The molecule has 2 nitrogen and oxygen atoms in total. The lowest BCUT2D eigenvalue weighted by Crippen LogP contribution is -1.93. The Bertz CT molecular complexity index is 258. The Morgan fingerprint density at radius 3 is 3.00 bits per heavy atom.